The van der Waals surface area contributed by atoms with Crippen LogP contribution in [0.1, 0.15) is 57.5 Å². The van der Waals surface area contributed by atoms with Crippen LogP contribution in [0.5, 0.6) is 0 Å². The first-order valence-electron chi connectivity index (χ1n) is 13.3. The maximum absolute atomic E-state index is 13.9. The zero-order chi connectivity index (χ0) is 31.0. The molecular weight excluding hydrogens is 570 g/mol. The number of aryl methyl sites for hydroxylation is 1. The average Bonchev–Trinajstić information content (AvgIpc) is 3.32. The summed E-state index contributed by atoms with van der Waals surface area (Å²) >= 11 is 6.70. The fraction of sp³-hybridized carbons (Fsp3) is 0.400. The Kier molecular flexibility index (Phi) is 8.54. The first-order chi connectivity index (χ1) is 19.5. The first-order valence-corrected chi connectivity index (χ1v) is 13.7. The molecule has 0 amide bonds. The molecule has 0 fully saturated rings. The number of terminal acetylenes is 1. The molecule has 3 heterocycles. The Hall–Kier alpha value is -3.75. The molecular formula is C30H34ClF4N7. The second-order valence-corrected chi connectivity index (χ2v) is 12.6. The molecule has 12 heteroatoms. The van der Waals surface area contributed by atoms with Gasteiger partial charge in [-0.25, -0.2) is 4.98 Å². The molecule has 4 N–H and O–H groups in total. The maximum atomic E-state index is 13.9. The minimum absolute atomic E-state index is 0.0422. The van der Waals surface area contributed by atoms with Crippen molar-refractivity contribution < 1.29 is 17.6 Å². The number of halogens is 5. The normalized spacial score (nSPS) is 14.8. The van der Waals surface area contributed by atoms with Gasteiger partial charge in [-0.1, -0.05) is 44.4 Å². The minimum Gasteiger partial charge on any atom is -0.383 e. The molecule has 0 spiro atoms. The van der Waals surface area contributed by atoms with Gasteiger partial charge in [0, 0.05) is 47.8 Å². The van der Waals surface area contributed by atoms with Crippen LogP contribution in [0.4, 0.5) is 28.9 Å². The molecule has 42 heavy (non-hydrogen) atoms. The molecule has 7 nitrogen and oxygen atoms in total. The summed E-state index contributed by atoms with van der Waals surface area (Å²) in [6.07, 6.45) is 4.53. The predicted octanol–water partition coefficient (Wildman–Crippen LogP) is 7.08. The number of benzene rings is 1. The Morgan fingerprint density at radius 2 is 1.86 bits per heavy atom. The van der Waals surface area contributed by atoms with E-state index in [1.54, 1.807) is 31.5 Å². The van der Waals surface area contributed by atoms with Crippen LogP contribution in [0.3, 0.4) is 0 Å². The van der Waals surface area contributed by atoms with Crippen molar-refractivity contribution in [3.8, 4) is 12.3 Å². The fourth-order valence-electron chi connectivity index (χ4n) is 4.45. The van der Waals surface area contributed by atoms with Crippen LogP contribution in [-0.2, 0) is 0 Å². The zero-order valence-corrected chi connectivity index (χ0v) is 25.0. The quantitative estimate of drug-likeness (QED) is 0.125. The van der Waals surface area contributed by atoms with Crippen LogP contribution in [0.15, 0.2) is 42.4 Å². The van der Waals surface area contributed by atoms with Gasteiger partial charge in [0.1, 0.15) is 0 Å². The van der Waals surface area contributed by atoms with Crippen molar-refractivity contribution in [3.05, 3.63) is 70.2 Å². The minimum atomic E-state index is -4.41. The van der Waals surface area contributed by atoms with Crippen molar-refractivity contribution in [2.24, 2.45) is 10.8 Å². The molecule has 0 unspecified atom stereocenters. The van der Waals surface area contributed by atoms with Crippen molar-refractivity contribution in [1.29, 1.82) is 0 Å². The lowest BCUT2D eigenvalue weighted by atomic mass is 9.92. The van der Waals surface area contributed by atoms with E-state index in [0.717, 1.165) is 13.8 Å². The molecule has 3 aromatic rings. The number of aromatic nitrogens is 2. The Morgan fingerprint density at radius 1 is 1.14 bits per heavy atom. The highest BCUT2D eigenvalue weighted by atomic mass is 35.5. The van der Waals surface area contributed by atoms with Crippen LogP contribution in [0.2, 0.25) is 5.02 Å². The van der Waals surface area contributed by atoms with Crippen molar-refractivity contribution >= 4 is 33.9 Å². The van der Waals surface area contributed by atoms with E-state index in [1.807, 2.05) is 6.07 Å². The molecule has 1 aromatic carbocycles. The summed E-state index contributed by atoms with van der Waals surface area (Å²) in [5.74, 6) is 2.03. The largest absolute Gasteiger partial charge is 0.395 e. The third-order valence-electron chi connectivity index (χ3n) is 6.87. The van der Waals surface area contributed by atoms with E-state index in [-0.39, 0.29) is 12.0 Å². The number of hydrogen-bond acceptors (Lipinski definition) is 7. The molecule has 0 saturated heterocycles. The Morgan fingerprint density at radius 3 is 2.48 bits per heavy atom. The highest BCUT2D eigenvalue weighted by Crippen LogP contribution is 2.39. The van der Waals surface area contributed by atoms with Gasteiger partial charge in [0.15, 0.2) is 0 Å². The molecule has 0 aliphatic carbocycles. The van der Waals surface area contributed by atoms with Gasteiger partial charge in [-0.15, -0.1) is 12.0 Å². The van der Waals surface area contributed by atoms with Crippen molar-refractivity contribution in [2.45, 2.75) is 53.8 Å². The van der Waals surface area contributed by atoms with E-state index < -0.39 is 23.6 Å². The SMILES string of the molecule is C#Cc1cnc2c(Cl)cc(N[C@H](C3=CN(CC(C)(C)C(F)(F)F)NN3)c3ccc(F)nc3C)cc2c1NCC(C)(C)C. The number of hydrazine groups is 2. The Labute approximate surface area is 248 Å². The van der Waals surface area contributed by atoms with Crippen LogP contribution >= 0.6 is 11.6 Å². The highest BCUT2D eigenvalue weighted by Gasteiger charge is 2.48. The second kappa shape index (κ2) is 11.5. The van der Waals surface area contributed by atoms with Gasteiger partial charge in [-0.2, -0.15) is 17.6 Å². The van der Waals surface area contributed by atoms with E-state index in [9.17, 15) is 17.6 Å². The standard InChI is InChI=1S/C30H34ClF4N7/c1-8-18-13-36-26-21(25(18)37-15-28(3,4)5)11-19(12-22(26)31)39-27(20-9-10-24(32)38-17(20)2)23-14-42(41-40-23)16-29(6,7)30(33,34)35/h1,9-14,27,39-41H,15-16H2,2-7H3,(H,36,37)/t27-/m0/s1. The average molecular weight is 604 g/mol. The van der Waals surface area contributed by atoms with E-state index in [1.165, 1.54) is 11.1 Å². The van der Waals surface area contributed by atoms with Gasteiger partial charge >= 0.3 is 6.18 Å². The number of pyridine rings is 2. The number of nitrogens with zero attached hydrogens (tertiary/aromatic N) is 3. The van der Waals surface area contributed by atoms with Gasteiger partial charge in [0.05, 0.1) is 38.9 Å². The van der Waals surface area contributed by atoms with Gasteiger partial charge < -0.3 is 16.1 Å². The van der Waals surface area contributed by atoms with Crippen molar-refractivity contribution in [1.82, 2.24) is 25.9 Å². The summed E-state index contributed by atoms with van der Waals surface area (Å²) in [5.41, 5.74) is 7.61. The number of anilines is 2. The van der Waals surface area contributed by atoms with E-state index in [0.29, 0.717) is 56.4 Å². The van der Waals surface area contributed by atoms with Gasteiger partial charge in [-0.05, 0) is 44.4 Å². The number of nitrogens with one attached hydrogen (secondary N) is 4. The van der Waals surface area contributed by atoms with E-state index in [2.05, 4.69) is 58.3 Å². The molecule has 1 atom stereocenters. The lowest BCUT2D eigenvalue weighted by Crippen LogP contribution is -2.47. The molecule has 1 aliphatic heterocycles. The molecule has 0 radical (unpaired) electrons. The van der Waals surface area contributed by atoms with Crippen LogP contribution in [0, 0.1) is 36.0 Å². The molecule has 0 bridgehead atoms. The number of alkyl halides is 3. The molecule has 2 aromatic heterocycles. The van der Waals surface area contributed by atoms with Crippen LogP contribution in [-0.4, -0.2) is 34.2 Å². The smallest absolute Gasteiger partial charge is 0.383 e. The van der Waals surface area contributed by atoms with Gasteiger partial charge in [0.25, 0.3) is 0 Å². The number of fused-ring (bicyclic) bond motifs is 1. The first kappa shape index (κ1) is 31.2. The summed E-state index contributed by atoms with van der Waals surface area (Å²) in [6.45, 7) is 10.5. The van der Waals surface area contributed by atoms with E-state index >= 15 is 0 Å². The second-order valence-electron chi connectivity index (χ2n) is 12.2. The van der Waals surface area contributed by atoms with Gasteiger partial charge in [0.2, 0.25) is 5.95 Å². The van der Waals surface area contributed by atoms with E-state index in [4.69, 9.17) is 18.0 Å². The Balaban J connectivity index is 1.78. The zero-order valence-electron chi connectivity index (χ0n) is 24.3. The maximum Gasteiger partial charge on any atom is 0.395 e. The molecule has 1 aliphatic rings. The summed E-state index contributed by atoms with van der Waals surface area (Å²) in [6, 6.07) is 5.69. The lowest BCUT2D eigenvalue weighted by molar-refractivity contribution is -0.216. The molecule has 0 saturated carbocycles. The number of rotatable bonds is 8. The van der Waals surface area contributed by atoms with Crippen molar-refractivity contribution in [2.75, 3.05) is 23.7 Å². The molecule has 224 valence electrons. The topological polar surface area (TPSA) is 77.1 Å². The summed E-state index contributed by atoms with van der Waals surface area (Å²) in [7, 11) is 0. The summed E-state index contributed by atoms with van der Waals surface area (Å²) < 4.78 is 54.7. The van der Waals surface area contributed by atoms with Gasteiger partial charge in [-0.3, -0.25) is 9.99 Å². The van der Waals surface area contributed by atoms with Crippen molar-refractivity contribution in [3.63, 3.8) is 0 Å². The predicted molar refractivity (Wildman–Crippen MR) is 159 cm³/mol. The lowest BCUT2D eigenvalue weighted by Gasteiger charge is -2.31. The Bertz CT molecular complexity index is 1550. The molecule has 4 rings (SSSR count). The third kappa shape index (κ3) is 6.82. The summed E-state index contributed by atoms with van der Waals surface area (Å²) in [5, 5.41) is 9.24. The number of hydrogen-bond donors (Lipinski definition) is 4. The monoisotopic (exact) mass is 603 g/mol. The fourth-order valence-corrected chi connectivity index (χ4v) is 4.72. The van der Waals surface area contributed by atoms with Crippen LogP contribution in [0.25, 0.3) is 10.9 Å². The van der Waals surface area contributed by atoms with Crippen LogP contribution < -0.4 is 21.6 Å². The third-order valence-corrected chi connectivity index (χ3v) is 7.16. The highest BCUT2D eigenvalue weighted by molar-refractivity contribution is 6.35. The summed E-state index contributed by atoms with van der Waals surface area (Å²) in [4.78, 5) is 8.43.